The van der Waals surface area contributed by atoms with E-state index in [0.29, 0.717) is 5.91 Å². The molecule has 0 radical (unpaired) electrons. The normalized spacial score (nSPS) is 28.1. The maximum Gasteiger partial charge on any atom is 0.233 e. The van der Waals surface area contributed by atoms with Gasteiger partial charge in [0.15, 0.2) is 0 Å². The lowest BCUT2D eigenvalue weighted by Crippen LogP contribution is -2.46. The third-order valence-corrected chi connectivity index (χ3v) is 6.57. The largest absolute Gasteiger partial charge is 0.342 e. The molecule has 2 aliphatic heterocycles. The van der Waals surface area contributed by atoms with Gasteiger partial charge in [0.05, 0.1) is 5.41 Å². The molecule has 1 saturated carbocycles. The number of carbonyl (C=O) groups excluding carboxylic acids is 1. The van der Waals surface area contributed by atoms with Crippen molar-refractivity contribution in [2.24, 2.45) is 11.8 Å². The van der Waals surface area contributed by atoms with Crippen LogP contribution >= 0.6 is 12.4 Å². The van der Waals surface area contributed by atoms with Gasteiger partial charge in [0.25, 0.3) is 0 Å². The van der Waals surface area contributed by atoms with Gasteiger partial charge in [-0.1, -0.05) is 25.0 Å². The van der Waals surface area contributed by atoms with Gasteiger partial charge in [0.2, 0.25) is 5.91 Å². The SMILES string of the molecule is Cl.O=C(N1CC[C@@H]2CNC[C@@H]2CC1)C1(c2ccc(F)cc2)CCCC1. The zero-order chi connectivity index (χ0) is 16.6. The summed E-state index contributed by atoms with van der Waals surface area (Å²) in [5.74, 6) is 1.52. The molecular formula is C20H28ClFN2O. The summed E-state index contributed by atoms with van der Waals surface area (Å²) in [4.78, 5) is 15.6. The number of hydrogen-bond donors (Lipinski definition) is 1. The Labute approximate surface area is 155 Å². The molecule has 0 bridgehead atoms. The van der Waals surface area contributed by atoms with Crippen molar-refractivity contribution >= 4 is 18.3 Å². The average molecular weight is 367 g/mol. The fourth-order valence-electron chi connectivity index (χ4n) is 5.10. The monoisotopic (exact) mass is 366 g/mol. The number of fused-ring (bicyclic) bond motifs is 1. The first-order valence-electron chi connectivity index (χ1n) is 9.45. The highest BCUT2D eigenvalue weighted by atomic mass is 35.5. The van der Waals surface area contributed by atoms with Crippen LogP contribution in [0.2, 0.25) is 0 Å². The van der Waals surface area contributed by atoms with Crippen LogP contribution in [0.25, 0.3) is 0 Å². The highest BCUT2D eigenvalue weighted by molar-refractivity contribution is 5.88. The van der Waals surface area contributed by atoms with Gasteiger partial charge in [-0.15, -0.1) is 12.4 Å². The summed E-state index contributed by atoms with van der Waals surface area (Å²) in [6, 6.07) is 6.66. The zero-order valence-electron chi connectivity index (χ0n) is 14.7. The molecule has 3 nitrogen and oxygen atoms in total. The lowest BCUT2D eigenvalue weighted by molar-refractivity contribution is -0.137. The lowest BCUT2D eigenvalue weighted by atomic mass is 9.77. The zero-order valence-corrected chi connectivity index (χ0v) is 15.5. The third-order valence-electron chi connectivity index (χ3n) is 6.57. The fraction of sp³-hybridized carbons (Fsp3) is 0.650. The van der Waals surface area contributed by atoms with E-state index in [1.54, 1.807) is 0 Å². The number of nitrogens with one attached hydrogen (secondary N) is 1. The number of likely N-dealkylation sites (tertiary alicyclic amines) is 1. The van der Waals surface area contributed by atoms with E-state index in [1.165, 1.54) is 12.1 Å². The quantitative estimate of drug-likeness (QED) is 0.868. The van der Waals surface area contributed by atoms with E-state index in [-0.39, 0.29) is 18.2 Å². The predicted octanol–water partition coefficient (Wildman–Crippen LogP) is 3.52. The van der Waals surface area contributed by atoms with Crippen LogP contribution in [0.3, 0.4) is 0 Å². The molecular weight excluding hydrogens is 339 g/mol. The highest BCUT2D eigenvalue weighted by Crippen LogP contribution is 2.43. The molecule has 2 atom stereocenters. The maximum absolute atomic E-state index is 13.5. The molecule has 25 heavy (non-hydrogen) atoms. The Balaban J connectivity index is 0.00000182. The molecule has 5 heteroatoms. The van der Waals surface area contributed by atoms with E-state index < -0.39 is 5.41 Å². The first-order chi connectivity index (χ1) is 11.7. The molecule has 2 heterocycles. The summed E-state index contributed by atoms with van der Waals surface area (Å²) in [6.45, 7) is 3.97. The number of amides is 1. The van der Waals surface area contributed by atoms with Gasteiger partial charge in [-0.05, 0) is 68.3 Å². The molecule has 138 valence electrons. The average Bonchev–Trinajstić information content (AvgIpc) is 3.22. The molecule has 0 spiro atoms. The first-order valence-corrected chi connectivity index (χ1v) is 9.45. The summed E-state index contributed by atoms with van der Waals surface area (Å²) >= 11 is 0. The number of benzene rings is 1. The van der Waals surface area contributed by atoms with Crippen molar-refractivity contribution in [3.05, 3.63) is 35.6 Å². The number of carbonyl (C=O) groups is 1. The minimum Gasteiger partial charge on any atom is -0.342 e. The Hall–Kier alpha value is -1.13. The molecule has 0 aromatic heterocycles. The van der Waals surface area contributed by atoms with Crippen LogP contribution in [0.5, 0.6) is 0 Å². The van der Waals surface area contributed by atoms with Crippen LogP contribution in [-0.2, 0) is 10.2 Å². The van der Waals surface area contributed by atoms with E-state index in [1.807, 2.05) is 12.1 Å². The maximum atomic E-state index is 13.5. The molecule has 1 N–H and O–H groups in total. The second kappa shape index (κ2) is 7.63. The molecule has 1 amide bonds. The van der Waals surface area contributed by atoms with Crippen molar-refractivity contribution < 1.29 is 9.18 Å². The second-order valence-electron chi connectivity index (χ2n) is 7.84. The Kier molecular flexibility index (Phi) is 5.69. The Morgan fingerprint density at radius 1 is 1.04 bits per heavy atom. The predicted molar refractivity (Wildman–Crippen MR) is 99.5 cm³/mol. The van der Waals surface area contributed by atoms with Gasteiger partial charge < -0.3 is 10.2 Å². The Morgan fingerprint density at radius 2 is 1.60 bits per heavy atom. The number of rotatable bonds is 2. The minimum atomic E-state index is -0.411. The van der Waals surface area contributed by atoms with Crippen molar-refractivity contribution in [3.8, 4) is 0 Å². The third kappa shape index (κ3) is 3.43. The van der Waals surface area contributed by atoms with Crippen molar-refractivity contribution in [2.75, 3.05) is 26.2 Å². The summed E-state index contributed by atoms with van der Waals surface area (Å²) in [5.41, 5.74) is 0.600. The smallest absolute Gasteiger partial charge is 0.233 e. The van der Waals surface area contributed by atoms with E-state index >= 15 is 0 Å². The van der Waals surface area contributed by atoms with E-state index in [0.717, 1.165) is 82.1 Å². The van der Waals surface area contributed by atoms with E-state index in [4.69, 9.17) is 0 Å². The van der Waals surface area contributed by atoms with Gasteiger partial charge in [0, 0.05) is 13.1 Å². The fourth-order valence-corrected chi connectivity index (χ4v) is 5.10. The highest BCUT2D eigenvalue weighted by Gasteiger charge is 2.45. The van der Waals surface area contributed by atoms with Crippen LogP contribution in [0.1, 0.15) is 44.1 Å². The molecule has 1 aromatic rings. The Morgan fingerprint density at radius 3 is 2.16 bits per heavy atom. The molecule has 1 aromatic carbocycles. The van der Waals surface area contributed by atoms with E-state index in [2.05, 4.69) is 10.2 Å². The van der Waals surface area contributed by atoms with Crippen LogP contribution in [0.4, 0.5) is 4.39 Å². The van der Waals surface area contributed by atoms with E-state index in [9.17, 15) is 9.18 Å². The van der Waals surface area contributed by atoms with Crippen LogP contribution in [-0.4, -0.2) is 37.0 Å². The van der Waals surface area contributed by atoms with Crippen LogP contribution < -0.4 is 5.32 Å². The van der Waals surface area contributed by atoms with Gasteiger partial charge in [-0.25, -0.2) is 4.39 Å². The van der Waals surface area contributed by atoms with Crippen molar-refractivity contribution in [2.45, 2.75) is 43.9 Å². The molecule has 0 unspecified atom stereocenters. The van der Waals surface area contributed by atoms with Crippen molar-refractivity contribution in [1.29, 1.82) is 0 Å². The first kappa shape index (κ1) is 18.7. The minimum absolute atomic E-state index is 0. The molecule has 3 fully saturated rings. The number of halogens is 2. The molecule has 2 saturated heterocycles. The summed E-state index contributed by atoms with van der Waals surface area (Å²) < 4.78 is 13.3. The van der Waals surface area contributed by atoms with Crippen LogP contribution in [0.15, 0.2) is 24.3 Å². The van der Waals surface area contributed by atoms with Crippen molar-refractivity contribution in [3.63, 3.8) is 0 Å². The van der Waals surface area contributed by atoms with Crippen LogP contribution in [0, 0.1) is 17.7 Å². The lowest BCUT2D eigenvalue weighted by Gasteiger charge is -2.34. The molecule has 4 rings (SSSR count). The standard InChI is InChI=1S/C20H27FN2O.ClH/c21-18-5-3-17(4-6-18)20(9-1-2-10-20)19(24)23-11-7-15-13-22-14-16(15)8-12-23;/h3-6,15-16,22H,1-2,7-14H2;1H/t15-,16+;. The van der Waals surface area contributed by atoms with Gasteiger partial charge in [-0.2, -0.15) is 0 Å². The van der Waals surface area contributed by atoms with Gasteiger partial charge >= 0.3 is 0 Å². The Bertz CT molecular complexity index is 586. The summed E-state index contributed by atoms with van der Waals surface area (Å²) in [6.07, 6.45) is 6.22. The summed E-state index contributed by atoms with van der Waals surface area (Å²) in [5, 5.41) is 3.49. The number of hydrogen-bond acceptors (Lipinski definition) is 2. The van der Waals surface area contributed by atoms with Gasteiger partial charge in [0.1, 0.15) is 5.82 Å². The number of nitrogens with zero attached hydrogens (tertiary/aromatic N) is 1. The topological polar surface area (TPSA) is 32.3 Å². The van der Waals surface area contributed by atoms with Crippen molar-refractivity contribution in [1.82, 2.24) is 10.2 Å². The second-order valence-corrected chi connectivity index (χ2v) is 7.84. The molecule has 3 aliphatic rings. The van der Waals surface area contributed by atoms with Gasteiger partial charge in [-0.3, -0.25) is 4.79 Å². The molecule has 1 aliphatic carbocycles. The summed E-state index contributed by atoms with van der Waals surface area (Å²) in [7, 11) is 0.